The van der Waals surface area contributed by atoms with Gasteiger partial charge in [0.15, 0.2) is 0 Å². The van der Waals surface area contributed by atoms with E-state index in [9.17, 15) is 4.79 Å². The van der Waals surface area contributed by atoms with Crippen LogP contribution in [0, 0.1) is 0 Å². The molecule has 0 bridgehead atoms. The van der Waals surface area contributed by atoms with Gasteiger partial charge in [0.05, 0.1) is 11.8 Å². The molecule has 0 aliphatic heterocycles. The van der Waals surface area contributed by atoms with E-state index in [1.807, 2.05) is 0 Å². The summed E-state index contributed by atoms with van der Waals surface area (Å²) in [5.41, 5.74) is 1.38. The summed E-state index contributed by atoms with van der Waals surface area (Å²) in [6.07, 6.45) is 1.54. The normalized spacial score (nSPS) is 10.2. The first-order chi connectivity index (χ1) is 7.18. The van der Waals surface area contributed by atoms with E-state index in [1.165, 1.54) is 4.80 Å². The van der Waals surface area contributed by atoms with Crippen molar-refractivity contribution >= 4 is 5.97 Å². The van der Waals surface area contributed by atoms with Crippen LogP contribution < -0.4 is 0 Å². The van der Waals surface area contributed by atoms with Crippen molar-refractivity contribution in [3.8, 4) is 11.3 Å². The van der Waals surface area contributed by atoms with E-state index < -0.39 is 5.97 Å². The van der Waals surface area contributed by atoms with Crippen molar-refractivity contribution in [1.82, 2.24) is 15.0 Å². The van der Waals surface area contributed by atoms with Gasteiger partial charge in [-0.3, -0.25) is 0 Å². The van der Waals surface area contributed by atoms with E-state index >= 15 is 0 Å². The summed E-state index contributed by atoms with van der Waals surface area (Å²) in [5, 5.41) is 17.0. The molecule has 0 atom stereocenters. The summed E-state index contributed by atoms with van der Waals surface area (Å²) in [7, 11) is 1.69. The quantitative estimate of drug-likeness (QED) is 0.795. The molecule has 0 aliphatic carbocycles. The Morgan fingerprint density at radius 1 is 1.40 bits per heavy atom. The molecule has 0 unspecified atom stereocenters. The molecule has 15 heavy (non-hydrogen) atoms. The highest BCUT2D eigenvalue weighted by molar-refractivity contribution is 5.95. The SMILES string of the molecule is Cn1ncc(-c2ccccc2C(=O)O)n1. The number of aromatic carboxylic acids is 1. The zero-order valence-corrected chi connectivity index (χ0v) is 8.08. The smallest absolute Gasteiger partial charge is 0.336 e. The molecule has 1 aromatic heterocycles. The van der Waals surface area contributed by atoms with Crippen LogP contribution in [0.2, 0.25) is 0 Å². The van der Waals surface area contributed by atoms with Crippen molar-refractivity contribution in [2.45, 2.75) is 0 Å². The highest BCUT2D eigenvalue weighted by Gasteiger charge is 2.12. The highest BCUT2D eigenvalue weighted by Crippen LogP contribution is 2.20. The summed E-state index contributed by atoms with van der Waals surface area (Å²) < 4.78 is 0. The largest absolute Gasteiger partial charge is 0.478 e. The standard InChI is InChI=1S/C10H9N3O2/c1-13-11-6-9(12-13)7-4-2-3-5-8(7)10(14)15/h2-6H,1H3,(H,14,15). The van der Waals surface area contributed by atoms with Crippen molar-refractivity contribution in [1.29, 1.82) is 0 Å². The Morgan fingerprint density at radius 2 is 2.13 bits per heavy atom. The van der Waals surface area contributed by atoms with Crippen molar-refractivity contribution in [3.63, 3.8) is 0 Å². The van der Waals surface area contributed by atoms with E-state index in [0.717, 1.165) is 0 Å². The minimum absolute atomic E-state index is 0.234. The monoisotopic (exact) mass is 203 g/mol. The molecule has 0 saturated carbocycles. The van der Waals surface area contributed by atoms with Crippen LogP contribution in [0.15, 0.2) is 30.5 Å². The van der Waals surface area contributed by atoms with Crippen molar-refractivity contribution in [2.75, 3.05) is 0 Å². The number of carbonyl (C=O) groups is 1. The van der Waals surface area contributed by atoms with Gasteiger partial charge in [0, 0.05) is 12.6 Å². The predicted octanol–water partition coefficient (Wildman–Crippen LogP) is 1.18. The summed E-state index contributed by atoms with van der Waals surface area (Å²) in [4.78, 5) is 12.3. The molecule has 0 radical (unpaired) electrons. The Morgan fingerprint density at radius 3 is 2.73 bits per heavy atom. The van der Waals surface area contributed by atoms with Crippen LogP contribution in [0.1, 0.15) is 10.4 Å². The van der Waals surface area contributed by atoms with Crippen LogP contribution in [-0.2, 0) is 7.05 Å². The third-order valence-electron chi connectivity index (χ3n) is 2.03. The molecule has 0 fully saturated rings. The molecule has 2 rings (SSSR count). The summed E-state index contributed by atoms with van der Waals surface area (Å²) in [6.45, 7) is 0. The molecular weight excluding hydrogens is 194 g/mol. The second-order valence-corrected chi connectivity index (χ2v) is 3.07. The number of benzene rings is 1. The Kier molecular flexibility index (Phi) is 2.21. The van der Waals surface area contributed by atoms with Crippen LogP contribution >= 0.6 is 0 Å². The summed E-state index contributed by atoms with van der Waals surface area (Å²) in [6, 6.07) is 6.72. The zero-order valence-electron chi connectivity index (χ0n) is 8.08. The Bertz CT molecular complexity index is 505. The molecule has 0 spiro atoms. The first-order valence-electron chi connectivity index (χ1n) is 4.37. The fourth-order valence-electron chi connectivity index (χ4n) is 1.36. The number of aryl methyl sites for hydroxylation is 1. The Balaban J connectivity index is 2.57. The molecule has 2 aromatic rings. The van der Waals surface area contributed by atoms with Gasteiger partial charge in [-0.25, -0.2) is 4.79 Å². The average molecular weight is 203 g/mol. The summed E-state index contributed by atoms with van der Waals surface area (Å²) in [5.74, 6) is -0.962. The number of carboxylic acid groups (broad SMARTS) is 1. The van der Waals surface area contributed by atoms with Gasteiger partial charge in [0.1, 0.15) is 5.69 Å². The number of rotatable bonds is 2. The maximum absolute atomic E-state index is 10.9. The number of aromatic nitrogens is 3. The lowest BCUT2D eigenvalue weighted by Gasteiger charge is -2.00. The molecule has 1 aromatic carbocycles. The zero-order chi connectivity index (χ0) is 10.8. The molecule has 0 aliphatic rings. The van der Waals surface area contributed by atoms with Gasteiger partial charge in [0.25, 0.3) is 0 Å². The van der Waals surface area contributed by atoms with Gasteiger partial charge < -0.3 is 5.11 Å². The maximum Gasteiger partial charge on any atom is 0.336 e. The van der Waals surface area contributed by atoms with Gasteiger partial charge >= 0.3 is 5.97 Å². The first-order valence-corrected chi connectivity index (χ1v) is 4.37. The third kappa shape index (κ3) is 1.71. The number of nitrogens with zero attached hydrogens (tertiary/aromatic N) is 3. The fraction of sp³-hybridized carbons (Fsp3) is 0.100. The lowest BCUT2D eigenvalue weighted by Crippen LogP contribution is -1.99. The van der Waals surface area contributed by atoms with E-state index in [0.29, 0.717) is 11.3 Å². The van der Waals surface area contributed by atoms with Crippen LogP contribution in [0.25, 0.3) is 11.3 Å². The molecule has 0 amide bonds. The molecule has 1 heterocycles. The molecule has 0 saturated heterocycles. The fourth-order valence-corrected chi connectivity index (χ4v) is 1.36. The molecule has 76 valence electrons. The first kappa shape index (κ1) is 9.39. The molecule has 1 N–H and O–H groups in total. The second-order valence-electron chi connectivity index (χ2n) is 3.07. The number of hydrogen-bond donors (Lipinski definition) is 1. The van der Waals surface area contributed by atoms with Crippen molar-refractivity contribution < 1.29 is 9.90 Å². The van der Waals surface area contributed by atoms with Gasteiger partial charge in [-0.15, -0.1) is 0 Å². The van der Waals surface area contributed by atoms with Gasteiger partial charge in [-0.05, 0) is 6.07 Å². The van der Waals surface area contributed by atoms with Crippen molar-refractivity contribution in [3.05, 3.63) is 36.0 Å². The Labute approximate surface area is 86.0 Å². The van der Waals surface area contributed by atoms with E-state index in [2.05, 4.69) is 10.2 Å². The minimum Gasteiger partial charge on any atom is -0.478 e. The molecule has 5 heteroatoms. The Hall–Kier alpha value is -2.17. The van der Waals surface area contributed by atoms with E-state index in [4.69, 9.17) is 5.11 Å². The van der Waals surface area contributed by atoms with Crippen LogP contribution in [-0.4, -0.2) is 26.1 Å². The topological polar surface area (TPSA) is 68.0 Å². The predicted molar refractivity (Wildman–Crippen MR) is 53.4 cm³/mol. The summed E-state index contributed by atoms with van der Waals surface area (Å²) >= 11 is 0. The minimum atomic E-state index is -0.962. The van der Waals surface area contributed by atoms with Crippen molar-refractivity contribution in [2.24, 2.45) is 7.05 Å². The van der Waals surface area contributed by atoms with Gasteiger partial charge in [0.2, 0.25) is 0 Å². The van der Waals surface area contributed by atoms with E-state index in [1.54, 1.807) is 37.5 Å². The second kappa shape index (κ2) is 3.53. The average Bonchev–Trinajstić information content (AvgIpc) is 2.65. The van der Waals surface area contributed by atoms with Crippen LogP contribution in [0.3, 0.4) is 0 Å². The van der Waals surface area contributed by atoms with Crippen LogP contribution in [0.4, 0.5) is 0 Å². The van der Waals surface area contributed by atoms with E-state index in [-0.39, 0.29) is 5.56 Å². The number of hydrogen-bond acceptors (Lipinski definition) is 3. The lowest BCUT2D eigenvalue weighted by atomic mass is 10.1. The highest BCUT2D eigenvalue weighted by atomic mass is 16.4. The number of carboxylic acids is 1. The van der Waals surface area contributed by atoms with Gasteiger partial charge in [-0.2, -0.15) is 15.0 Å². The van der Waals surface area contributed by atoms with Crippen LogP contribution in [0.5, 0.6) is 0 Å². The third-order valence-corrected chi connectivity index (χ3v) is 2.03. The maximum atomic E-state index is 10.9. The van der Waals surface area contributed by atoms with Gasteiger partial charge in [-0.1, -0.05) is 18.2 Å². The molecular formula is C10H9N3O2. The lowest BCUT2D eigenvalue weighted by molar-refractivity contribution is 0.0697. The molecule has 5 nitrogen and oxygen atoms in total.